The summed E-state index contributed by atoms with van der Waals surface area (Å²) in [6, 6.07) is 6.92. The first-order valence-electron chi connectivity index (χ1n) is 10.8. The van der Waals surface area contributed by atoms with Gasteiger partial charge in [0.15, 0.2) is 0 Å². The molecule has 0 bridgehead atoms. The molecule has 4 heterocycles. The summed E-state index contributed by atoms with van der Waals surface area (Å²) in [6.45, 7) is 6.06. The van der Waals surface area contributed by atoms with E-state index in [2.05, 4.69) is 37.4 Å². The fourth-order valence-electron chi connectivity index (χ4n) is 3.23. The van der Waals surface area contributed by atoms with Crippen molar-refractivity contribution < 1.29 is 9.21 Å². The molecular weight excluding hydrogens is 480 g/mol. The Balaban J connectivity index is 1.81. The Kier molecular flexibility index (Phi) is 7.46. The van der Waals surface area contributed by atoms with Gasteiger partial charge >= 0.3 is 11.8 Å². The molecule has 0 aliphatic rings. The number of nitrogens with two attached hydrogens (primary N) is 1. The average Bonchev–Trinajstić information content (AvgIpc) is 3.55. The average molecular weight is 503 g/mol. The zero-order valence-corrected chi connectivity index (χ0v) is 20.0. The summed E-state index contributed by atoms with van der Waals surface area (Å²) >= 11 is 1.41. The first-order valence-corrected chi connectivity index (χ1v) is 11.6. The van der Waals surface area contributed by atoms with E-state index in [4.69, 9.17) is 15.1 Å². The monoisotopic (exact) mass is 502 g/mol. The van der Waals surface area contributed by atoms with Gasteiger partial charge in [-0.3, -0.25) is 10.3 Å². The SMILES string of the molecule is C=C/C(=C\C(=C/N)c1cnc(NC(=O)NCC)cc1-c1nc(-c2ccccn2)cs1)c1n[nH]c(=O)o1. The molecule has 4 aromatic heterocycles. The first-order chi connectivity index (χ1) is 17.5. The van der Waals surface area contributed by atoms with E-state index in [-0.39, 0.29) is 11.9 Å². The van der Waals surface area contributed by atoms with Crippen LogP contribution >= 0.6 is 11.3 Å². The van der Waals surface area contributed by atoms with Gasteiger partial charge in [0.25, 0.3) is 0 Å². The number of amides is 2. The normalized spacial score (nSPS) is 11.8. The number of allylic oxidation sites excluding steroid dienone is 4. The Morgan fingerprint density at radius 1 is 1.28 bits per heavy atom. The van der Waals surface area contributed by atoms with Crippen molar-refractivity contribution in [3.8, 4) is 22.0 Å². The van der Waals surface area contributed by atoms with Crippen LogP contribution in [-0.4, -0.2) is 37.7 Å². The van der Waals surface area contributed by atoms with Crippen molar-refractivity contribution in [3.05, 3.63) is 89.0 Å². The van der Waals surface area contributed by atoms with Gasteiger partial charge < -0.3 is 15.5 Å². The van der Waals surface area contributed by atoms with Gasteiger partial charge in [0.05, 0.1) is 5.69 Å². The van der Waals surface area contributed by atoms with E-state index < -0.39 is 5.76 Å². The molecule has 0 fully saturated rings. The molecule has 0 aromatic carbocycles. The Labute approximate surface area is 209 Å². The third-order valence-corrected chi connectivity index (χ3v) is 5.73. The number of H-pyrrole nitrogens is 1. The third kappa shape index (κ3) is 5.45. The Morgan fingerprint density at radius 3 is 2.81 bits per heavy atom. The molecule has 12 heteroatoms. The predicted molar refractivity (Wildman–Crippen MR) is 139 cm³/mol. The van der Waals surface area contributed by atoms with Crippen molar-refractivity contribution in [3.63, 3.8) is 0 Å². The molecule has 0 spiro atoms. The number of aromatic nitrogens is 5. The highest BCUT2D eigenvalue weighted by Crippen LogP contribution is 2.35. The second-order valence-corrected chi connectivity index (χ2v) is 8.05. The molecule has 182 valence electrons. The molecule has 0 saturated carbocycles. The standard InChI is InChI=1S/C24H22N8O3S/c1-3-14(21-31-32-24(34)35-21)9-15(11-25)17-12-28-20(30-23(33)26-4-2)10-16(17)22-29-19(13-36-22)18-7-5-6-8-27-18/h3,5-13H,1,4,25H2,2H3,(H,32,34)(H2,26,28,30,33)/b14-9+,15-11+. The zero-order chi connectivity index (χ0) is 25.5. The fourth-order valence-corrected chi connectivity index (χ4v) is 4.07. The van der Waals surface area contributed by atoms with Crippen LogP contribution in [0.4, 0.5) is 10.6 Å². The molecule has 36 heavy (non-hydrogen) atoms. The second kappa shape index (κ2) is 11.1. The maximum Gasteiger partial charge on any atom is 0.434 e. The molecule has 4 aromatic rings. The van der Waals surface area contributed by atoms with Crippen LogP contribution in [0.25, 0.3) is 33.1 Å². The number of hydrogen-bond donors (Lipinski definition) is 4. The van der Waals surface area contributed by atoms with E-state index in [1.54, 1.807) is 24.5 Å². The summed E-state index contributed by atoms with van der Waals surface area (Å²) < 4.78 is 5.05. The highest BCUT2D eigenvalue weighted by molar-refractivity contribution is 7.13. The summed E-state index contributed by atoms with van der Waals surface area (Å²) in [4.78, 5) is 37.0. The molecule has 0 aliphatic carbocycles. The lowest BCUT2D eigenvalue weighted by Gasteiger charge is -2.12. The molecule has 5 N–H and O–H groups in total. The van der Waals surface area contributed by atoms with Gasteiger partial charge in [-0.25, -0.2) is 24.7 Å². The predicted octanol–water partition coefficient (Wildman–Crippen LogP) is 3.65. The van der Waals surface area contributed by atoms with E-state index in [1.807, 2.05) is 30.5 Å². The van der Waals surface area contributed by atoms with Crippen LogP contribution in [0.3, 0.4) is 0 Å². The Hall–Kier alpha value is -4.84. The van der Waals surface area contributed by atoms with Crippen molar-refractivity contribution in [1.29, 1.82) is 0 Å². The fraction of sp³-hybridized carbons (Fsp3) is 0.0833. The number of nitrogens with zero attached hydrogens (tertiary/aromatic N) is 4. The minimum absolute atomic E-state index is 0.0602. The number of carbonyl (C=O) groups excluding carboxylic acids is 1. The number of hydrogen-bond acceptors (Lipinski definition) is 9. The van der Waals surface area contributed by atoms with Crippen LogP contribution in [0.1, 0.15) is 18.4 Å². The van der Waals surface area contributed by atoms with Crippen LogP contribution < -0.4 is 22.1 Å². The maximum atomic E-state index is 12.1. The number of nitrogens with one attached hydrogen (secondary N) is 3. The minimum atomic E-state index is -0.691. The van der Waals surface area contributed by atoms with Crippen molar-refractivity contribution in [2.75, 3.05) is 11.9 Å². The van der Waals surface area contributed by atoms with Crippen LogP contribution in [0.15, 0.2) is 76.2 Å². The number of rotatable bonds is 8. The Morgan fingerprint density at radius 2 is 2.14 bits per heavy atom. The van der Waals surface area contributed by atoms with Crippen LogP contribution in [0.2, 0.25) is 0 Å². The van der Waals surface area contributed by atoms with Gasteiger partial charge in [-0.2, -0.15) is 0 Å². The van der Waals surface area contributed by atoms with Crippen molar-refractivity contribution in [2.45, 2.75) is 6.92 Å². The smallest absolute Gasteiger partial charge is 0.404 e. The summed E-state index contributed by atoms with van der Waals surface area (Å²) in [7, 11) is 0. The molecule has 0 unspecified atom stereocenters. The lowest BCUT2D eigenvalue weighted by Crippen LogP contribution is -2.28. The highest BCUT2D eigenvalue weighted by atomic mass is 32.1. The van der Waals surface area contributed by atoms with Crippen molar-refractivity contribution in [1.82, 2.24) is 30.5 Å². The molecule has 11 nitrogen and oxygen atoms in total. The summed E-state index contributed by atoms with van der Waals surface area (Å²) in [5, 5.41) is 14.0. The van der Waals surface area contributed by atoms with E-state index in [1.165, 1.54) is 23.6 Å². The first kappa shape index (κ1) is 24.3. The number of thiazole rings is 1. The van der Waals surface area contributed by atoms with Crippen LogP contribution in [0, 0.1) is 0 Å². The molecular formula is C24H22N8O3S. The molecule has 0 saturated heterocycles. The summed E-state index contributed by atoms with van der Waals surface area (Å²) in [5.74, 6) is -0.300. The second-order valence-electron chi connectivity index (χ2n) is 7.20. The van der Waals surface area contributed by atoms with E-state index in [9.17, 15) is 9.59 Å². The van der Waals surface area contributed by atoms with Crippen molar-refractivity contribution >= 4 is 34.3 Å². The number of urea groups is 1. The highest BCUT2D eigenvalue weighted by Gasteiger charge is 2.17. The minimum Gasteiger partial charge on any atom is -0.404 e. The number of anilines is 1. The number of pyridine rings is 2. The van der Waals surface area contributed by atoms with Gasteiger partial charge in [0.1, 0.15) is 16.5 Å². The quantitative estimate of drug-likeness (QED) is 0.265. The summed E-state index contributed by atoms with van der Waals surface area (Å²) in [6.07, 6.45) is 7.82. The van der Waals surface area contributed by atoms with Gasteiger partial charge in [-0.05, 0) is 31.2 Å². The topological polar surface area (TPSA) is 165 Å². The lowest BCUT2D eigenvalue weighted by atomic mass is 10.00. The molecule has 0 atom stereocenters. The Bertz CT molecular complexity index is 1500. The van der Waals surface area contributed by atoms with E-state index >= 15 is 0 Å². The van der Waals surface area contributed by atoms with E-state index in [0.717, 1.165) is 5.69 Å². The summed E-state index contributed by atoms with van der Waals surface area (Å²) in [5.41, 5.74) is 9.69. The van der Waals surface area contributed by atoms with Gasteiger partial charge in [-0.1, -0.05) is 18.7 Å². The zero-order valence-electron chi connectivity index (χ0n) is 19.2. The van der Waals surface area contributed by atoms with Crippen molar-refractivity contribution in [2.24, 2.45) is 5.73 Å². The largest absolute Gasteiger partial charge is 0.434 e. The molecule has 0 aliphatic heterocycles. The van der Waals surface area contributed by atoms with Crippen LogP contribution in [-0.2, 0) is 0 Å². The molecule has 0 radical (unpaired) electrons. The van der Waals surface area contributed by atoms with Gasteiger partial charge in [0.2, 0.25) is 5.89 Å². The van der Waals surface area contributed by atoms with Gasteiger partial charge in [0, 0.05) is 52.8 Å². The molecule has 4 rings (SSSR count). The lowest BCUT2D eigenvalue weighted by molar-refractivity contribution is 0.252. The molecule has 2 amide bonds. The third-order valence-electron chi connectivity index (χ3n) is 4.85. The van der Waals surface area contributed by atoms with Gasteiger partial charge in [-0.15, -0.1) is 16.4 Å². The van der Waals surface area contributed by atoms with Crippen LogP contribution in [0.5, 0.6) is 0 Å². The maximum absolute atomic E-state index is 12.1. The van der Waals surface area contributed by atoms with E-state index in [0.29, 0.717) is 45.3 Å². The number of carbonyl (C=O) groups is 1. The number of aromatic amines is 1.